The summed E-state index contributed by atoms with van der Waals surface area (Å²) in [6, 6.07) is 5.47. The van der Waals surface area contributed by atoms with Crippen LogP contribution in [0.5, 0.6) is 0 Å². The van der Waals surface area contributed by atoms with Crippen LogP contribution >= 0.6 is 0 Å². The topological polar surface area (TPSA) is 94.9 Å². The number of sulfonamides is 1. The lowest BCUT2D eigenvalue weighted by atomic mass is 10.0. The van der Waals surface area contributed by atoms with Crippen molar-refractivity contribution >= 4 is 27.4 Å². The Balaban J connectivity index is 2.22. The summed E-state index contributed by atoms with van der Waals surface area (Å²) < 4.78 is 105. The zero-order valence-corrected chi connectivity index (χ0v) is 15.8. The number of carbonyl (C=O) groups is 1. The number of fused-ring (bicyclic) bond motifs is 1. The van der Waals surface area contributed by atoms with Crippen LogP contribution in [0, 0.1) is 0 Å². The first kappa shape index (κ1) is 22.5. The molecule has 0 radical (unpaired) electrons. The standard InChI is InChI=1S/C18H11F6NO5S/c19-17(20,21)10-5-9(6-11(7-10)18(22,23)24)8-25-13-4-2-1-3-12(13)14(26)15(16(27)28)31(25,29)30/h1-7,26H,8H2,(H,27,28). The zero-order valence-electron chi connectivity index (χ0n) is 15.0. The van der Waals surface area contributed by atoms with Gasteiger partial charge in [-0.2, -0.15) is 26.3 Å². The summed E-state index contributed by atoms with van der Waals surface area (Å²) in [5.74, 6) is -3.14. The molecule has 166 valence electrons. The lowest BCUT2D eigenvalue weighted by Gasteiger charge is -2.31. The third-order valence-corrected chi connectivity index (χ3v) is 6.15. The van der Waals surface area contributed by atoms with Crippen LogP contribution in [-0.4, -0.2) is 24.6 Å². The maximum atomic E-state index is 13.1. The second-order valence-corrected chi connectivity index (χ2v) is 8.22. The minimum Gasteiger partial charge on any atom is -0.506 e. The van der Waals surface area contributed by atoms with E-state index >= 15 is 0 Å². The van der Waals surface area contributed by atoms with Gasteiger partial charge in [0.1, 0.15) is 0 Å². The number of aliphatic hydroxyl groups excluding tert-OH is 1. The van der Waals surface area contributed by atoms with Crippen LogP contribution in [0.25, 0.3) is 5.76 Å². The van der Waals surface area contributed by atoms with E-state index in [0.717, 1.165) is 12.1 Å². The Hall–Kier alpha value is -3.22. The van der Waals surface area contributed by atoms with Crippen LogP contribution in [0.1, 0.15) is 22.3 Å². The fourth-order valence-electron chi connectivity index (χ4n) is 3.03. The van der Waals surface area contributed by atoms with Crippen molar-refractivity contribution < 1.29 is 49.8 Å². The molecule has 0 unspecified atom stereocenters. The summed E-state index contributed by atoms with van der Waals surface area (Å²) in [7, 11) is -5.02. The van der Waals surface area contributed by atoms with Gasteiger partial charge in [-0.1, -0.05) is 12.1 Å². The molecule has 0 saturated heterocycles. The molecule has 0 aromatic heterocycles. The minimum atomic E-state index is -5.15. The number of rotatable bonds is 3. The van der Waals surface area contributed by atoms with Crippen molar-refractivity contribution in [1.29, 1.82) is 0 Å². The molecule has 1 aliphatic rings. The molecule has 0 fully saturated rings. The molecule has 1 aliphatic heterocycles. The number of hydrogen-bond donors (Lipinski definition) is 2. The van der Waals surface area contributed by atoms with E-state index in [2.05, 4.69) is 0 Å². The minimum absolute atomic E-state index is 0.115. The third kappa shape index (κ3) is 4.04. The van der Waals surface area contributed by atoms with Crippen LogP contribution in [-0.2, 0) is 33.7 Å². The van der Waals surface area contributed by atoms with Gasteiger partial charge < -0.3 is 10.2 Å². The highest BCUT2D eigenvalue weighted by Crippen LogP contribution is 2.41. The first-order valence-corrected chi connectivity index (χ1v) is 9.65. The fraction of sp³-hybridized carbons (Fsp3) is 0.167. The lowest BCUT2D eigenvalue weighted by molar-refractivity contribution is -0.143. The summed E-state index contributed by atoms with van der Waals surface area (Å²) in [6.07, 6.45) is -10.3. The number of aliphatic hydroxyl groups is 1. The monoisotopic (exact) mass is 467 g/mol. The van der Waals surface area contributed by atoms with Crippen molar-refractivity contribution in [2.45, 2.75) is 18.9 Å². The first-order valence-electron chi connectivity index (χ1n) is 8.21. The van der Waals surface area contributed by atoms with Crippen molar-refractivity contribution in [2.24, 2.45) is 0 Å². The van der Waals surface area contributed by atoms with Gasteiger partial charge in [-0.05, 0) is 35.9 Å². The molecule has 0 spiro atoms. The van der Waals surface area contributed by atoms with E-state index in [1.807, 2.05) is 0 Å². The summed E-state index contributed by atoms with van der Waals surface area (Å²) in [6.45, 7) is -1.05. The van der Waals surface area contributed by atoms with Crippen molar-refractivity contribution in [3.63, 3.8) is 0 Å². The lowest BCUT2D eigenvalue weighted by Crippen LogP contribution is -2.37. The van der Waals surface area contributed by atoms with Crippen LogP contribution in [0.15, 0.2) is 47.4 Å². The highest BCUT2D eigenvalue weighted by molar-refractivity contribution is 7.97. The predicted molar refractivity (Wildman–Crippen MR) is 95.2 cm³/mol. The molecular formula is C18H11F6NO5S. The molecule has 2 aromatic rings. The van der Waals surface area contributed by atoms with Crippen molar-refractivity contribution in [1.82, 2.24) is 0 Å². The smallest absolute Gasteiger partial charge is 0.416 e. The molecule has 2 N–H and O–H groups in total. The number of hydrogen-bond acceptors (Lipinski definition) is 4. The molecule has 13 heteroatoms. The van der Waals surface area contributed by atoms with E-state index in [1.54, 1.807) is 0 Å². The average Bonchev–Trinajstić information content (AvgIpc) is 2.63. The molecule has 0 saturated carbocycles. The number of aliphatic carboxylic acids is 1. The predicted octanol–water partition coefficient (Wildman–Crippen LogP) is 4.39. The van der Waals surface area contributed by atoms with Crippen molar-refractivity contribution in [3.05, 3.63) is 69.6 Å². The zero-order chi connectivity index (χ0) is 23.4. The molecule has 0 aliphatic carbocycles. The van der Waals surface area contributed by atoms with Gasteiger partial charge in [0.15, 0.2) is 5.76 Å². The summed E-state index contributed by atoms with van der Waals surface area (Å²) in [5, 5.41) is 19.3. The van der Waals surface area contributed by atoms with Gasteiger partial charge >= 0.3 is 18.3 Å². The summed E-state index contributed by atoms with van der Waals surface area (Å²) in [5.41, 5.74) is -4.57. The van der Waals surface area contributed by atoms with Gasteiger partial charge in [-0.15, -0.1) is 0 Å². The summed E-state index contributed by atoms with van der Waals surface area (Å²) in [4.78, 5) is 9.99. The highest BCUT2D eigenvalue weighted by atomic mass is 32.2. The van der Waals surface area contributed by atoms with E-state index < -0.39 is 62.2 Å². The van der Waals surface area contributed by atoms with Crippen LogP contribution in [0.3, 0.4) is 0 Å². The van der Waals surface area contributed by atoms with Crippen LogP contribution < -0.4 is 4.31 Å². The van der Waals surface area contributed by atoms with E-state index in [-0.39, 0.29) is 17.3 Å². The third-order valence-electron chi connectivity index (χ3n) is 4.36. The molecule has 3 rings (SSSR count). The number of alkyl halides is 6. The van der Waals surface area contributed by atoms with Gasteiger partial charge in [0.25, 0.3) is 10.0 Å². The number of nitrogens with zero attached hydrogens (tertiary/aromatic N) is 1. The van der Waals surface area contributed by atoms with Crippen LogP contribution in [0.4, 0.5) is 32.0 Å². The Labute approximate surface area is 170 Å². The van der Waals surface area contributed by atoms with Gasteiger partial charge in [-0.25, -0.2) is 13.2 Å². The van der Waals surface area contributed by atoms with Gasteiger partial charge in [0, 0.05) is 5.56 Å². The van der Waals surface area contributed by atoms with Gasteiger partial charge in [0.2, 0.25) is 4.91 Å². The molecule has 31 heavy (non-hydrogen) atoms. The molecule has 2 aromatic carbocycles. The molecule has 0 amide bonds. The van der Waals surface area contributed by atoms with E-state index in [0.29, 0.717) is 16.4 Å². The Morgan fingerprint density at radius 1 is 0.935 bits per heavy atom. The van der Waals surface area contributed by atoms with Gasteiger partial charge in [-0.3, -0.25) is 4.31 Å². The molecule has 0 atom stereocenters. The average molecular weight is 467 g/mol. The van der Waals surface area contributed by atoms with E-state index in [4.69, 9.17) is 0 Å². The van der Waals surface area contributed by atoms with E-state index in [1.165, 1.54) is 12.1 Å². The number of carboxylic acid groups (broad SMARTS) is 1. The SMILES string of the molecule is O=C(O)C1=C(O)c2ccccc2N(Cc2cc(C(F)(F)F)cc(C(F)(F)F)c2)S1(=O)=O. The fourth-order valence-corrected chi connectivity index (χ4v) is 4.57. The van der Waals surface area contributed by atoms with Gasteiger partial charge in [0.05, 0.1) is 23.4 Å². The largest absolute Gasteiger partial charge is 0.506 e. The number of anilines is 1. The Morgan fingerprint density at radius 3 is 1.94 bits per heavy atom. The van der Waals surface area contributed by atoms with Crippen molar-refractivity contribution in [3.8, 4) is 0 Å². The Bertz CT molecular complexity index is 1170. The molecule has 1 heterocycles. The Kier molecular flexibility index (Phi) is 5.20. The summed E-state index contributed by atoms with van der Waals surface area (Å²) >= 11 is 0. The maximum absolute atomic E-state index is 13.1. The number of halogens is 6. The second-order valence-electron chi connectivity index (χ2n) is 6.43. The number of carboxylic acids is 1. The first-order chi connectivity index (χ1) is 14.1. The normalized spacial score (nSPS) is 16.3. The van der Waals surface area contributed by atoms with E-state index in [9.17, 15) is 49.8 Å². The van der Waals surface area contributed by atoms with Crippen molar-refractivity contribution in [2.75, 3.05) is 4.31 Å². The molecule has 6 nitrogen and oxygen atoms in total. The van der Waals surface area contributed by atoms with Crippen LogP contribution in [0.2, 0.25) is 0 Å². The number of benzene rings is 2. The second kappa shape index (κ2) is 7.18. The quantitative estimate of drug-likeness (QED) is 0.654. The molecule has 0 bridgehead atoms. The maximum Gasteiger partial charge on any atom is 0.416 e. The highest BCUT2D eigenvalue weighted by Gasteiger charge is 2.42. The number of para-hydroxylation sites is 1. The Morgan fingerprint density at radius 2 is 1.45 bits per heavy atom. The molecular weight excluding hydrogens is 456 g/mol.